The highest BCUT2D eigenvalue weighted by Gasteiger charge is 2.33. The lowest BCUT2D eigenvalue weighted by Crippen LogP contribution is -2.33. The molecule has 1 atom stereocenters. The van der Waals surface area contributed by atoms with Crippen molar-refractivity contribution in [1.82, 2.24) is 29.6 Å². The van der Waals surface area contributed by atoms with Crippen molar-refractivity contribution < 1.29 is 13.2 Å². The molecule has 0 N–H and O–H groups in total. The van der Waals surface area contributed by atoms with Crippen molar-refractivity contribution >= 4 is 11.8 Å². The molecule has 10 heteroatoms. The Morgan fingerprint density at radius 3 is 2.43 bits per heavy atom. The molecule has 0 radical (unpaired) electrons. The average molecular weight is 434 g/mol. The van der Waals surface area contributed by atoms with Crippen molar-refractivity contribution in [3.8, 4) is 5.69 Å². The number of aromatic nitrogens is 5. The quantitative estimate of drug-likeness (QED) is 0.539. The van der Waals surface area contributed by atoms with Crippen molar-refractivity contribution in [2.24, 2.45) is 0 Å². The maximum atomic E-state index is 13.0. The largest absolute Gasteiger partial charge is 0.433 e. The van der Waals surface area contributed by atoms with Crippen LogP contribution in [-0.2, 0) is 6.18 Å². The second kappa shape index (κ2) is 8.73. The molecule has 6 nitrogen and oxygen atoms in total. The van der Waals surface area contributed by atoms with Crippen molar-refractivity contribution in [3.05, 3.63) is 54.1 Å². The Bertz CT molecular complexity index is 986. The Kier molecular flexibility index (Phi) is 6.05. The van der Waals surface area contributed by atoms with E-state index >= 15 is 0 Å². The first-order valence-corrected chi connectivity index (χ1v) is 10.6. The summed E-state index contributed by atoms with van der Waals surface area (Å²) in [6, 6.07) is 10.4. The first kappa shape index (κ1) is 20.8. The van der Waals surface area contributed by atoms with E-state index in [-0.39, 0.29) is 11.2 Å². The van der Waals surface area contributed by atoms with E-state index < -0.39 is 11.9 Å². The summed E-state index contributed by atoms with van der Waals surface area (Å²) in [4.78, 5) is 10.0. The monoisotopic (exact) mass is 434 g/mol. The Balaban J connectivity index is 1.71. The minimum Gasteiger partial charge on any atom is -0.294 e. The van der Waals surface area contributed by atoms with Gasteiger partial charge in [-0.2, -0.15) is 13.2 Å². The van der Waals surface area contributed by atoms with Gasteiger partial charge in [-0.15, -0.1) is 10.2 Å². The molecule has 3 aromatic rings. The highest BCUT2D eigenvalue weighted by Crippen LogP contribution is 2.33. The van der Waals surface area contributed by atoms with E-state index in [1.807, 2.05) is 34.9 Å². The lowest BCUT2D eigenvalue weighted by Gasteiger charge is -2.31. The number of benzene rings is 1. The molecule has 1 saturated heterocycles. The number of para-hydroxylation sites is 1. The number of rotatable bonds is 5. The van der Waals surface area contributed by atoms with Crippen LogP contribution in [0.4, 0.5) is 13.2 Å². The van der Waals surface area contributed by atoms with Gasteiger partial charge in [-0.25, -0.2) is 9.97 Å². The molecule has 2 aromatic heterocycles. The summed E-state index contributed by atoms with van der Waals surface area (Å²) >= 11 is 0.973. The van der Waals surface area contributed by atoms with Gasteiger partial charge in [0.1, 0.15) is 5.69 Å². The number of alkyl halides is 3. The fourth-order valence-corrected chi connectivity index (χ4v) is 4.33. The smallest absolute Gasteiger partial charge is 0.294 e. The Morgan fingerprint density at radius 1 is 1.00 bits per heavy atom. The molecule has 1 aliphatic rings. The molecule has 0 saturated carbocycles. The molecule has 0 bridgehead atoms. The minimum atomic E-state index is -4.53. The third-order valence-electron chi connectivity index (χ3n) is 5.09. The van der Waals surface area contributed by atoms with E-state index in [4.69, 9.17) is 0 Å². The molecule has 1 fully saturated rings. The number of nitrogens with zero attached hydrogens (tertiary/aromatic N) is 6. The zero-order valence-electron chi connectivity index (χ0n) is 16.4. The van der Waals surface area contributed by atoms with Crippen molar-refractivity contribution in [2.45, 2.75) is 48.7 Å². The first-order valence-electron chi connectivity index (χ1n) is 9.76. The normalized spacial score (nSPS) is 16.5. The van der Waals surface area contributed by atoms with Crippen LogP contribution in [0.25, 0.3) is 5.69 Å². The third-order valence-corrected chi connectivity index (χ3v) is 5.92. The van der Waals surface area contributed by atoms with Gasteiger partial charge in [-0.3, -0.25) is 9.47 Å². The summed E-state index contributed by atoms with van der Waals surface area (Å²) < 4.78 is 41.0. The van der Waals surface area contributed by atoms with Gasteiger partial charge in [-0.1, -0.05) is 24.6 Å². The van der Waals surface area contributed by atoms with Gasteiger partial charge in [0.15, 0.2) is 11.0 Å². The Morgan fingerprint density at radius 2 is 1.73 bits per heavy atom. The van der Waals surface area contributed by atoms with E-state index in [9.17, 15) is 13.2 Å². The predicted octanol–water partition coefficient (Wildman–Crippen LogP) is 4.77. The molecule has 3 heterocycles. The van der Waals surface area contributed by atoms with Crippen molar-refractivity contribution in [3.63, 3.8) is 0 Å². The fourth-order valence-electron chi connectivity index (χ4n) is 3.54. The van der Waals surface area contributed by atoms with Crippen LogP contribution in [0.15, 0.2) is 52.9 Å². The zero-order chi connectivity index (χ0) is 21.1. The molecule has 30 heavy (non-hydrogen) atoms. The van der Waals surface area contributed by atoms with Gasteiger partial charge >= 0.3 is 6.18 Å². The van der Waals surface area contributed by atoms with Crippen LogP contribution in [0.1, 0.15) is 43.7 Å². The average Bonchev–Trinajstić information content (AvgIpc) is 3.17. The zero-order valence-corrected chi connectivity index (χ0v) is 17.2. The maximum absolute atomic E-state index is 13.0. The summed E-state index contributed by atoms with van der Waals surface area (Å²) in [5.74, 6) is 0.748. The summed E-state index contributed by atoms with van der Waals surface area (Å²) in [6.45, 7) is 4.06. The molecule has 4 rings (SSSR count). The number of piperidine rings is 1. The summed E-state index contributed by atoms with van der Waals surface area (Å²) in [5.41, 5.74) is -0.136. The second-order valence-electron chi connectivity index (χ2n) is 7.11. The van der Waals surface area contributed by atoms with Crippen LogP contribution in [0.5, 0.6) is 0 Å². The SMILES string of the molecule is CC(c1nnc(Sc2nccc(C(F)(F)F)n2)n1-c1ccccc1)N1CCCCC1. The number of hydrogen-bond donors (Lipinski definition) is 0. The molecule has 1 unspecified atom stereocenters. The molecule has 0 spiro atoms. The van der Waals surface area contributed by atoms with E-state index in [1.165, 1.54) is 6.42 Å². The van der Waals surface area contributed by atoms with E-state index in [2.05, 4.69) is 32.0 Å². The predicted molar refractivity (Wildman–Crippen MR) is 106 cm³/mol. The molecular weight excluding hydrogens is 413 g/mol. The third kappa shape index (κ3) is 4.49. The topological polar surface area (TPSA) is 59.7 Å². The van der Waals surface area contributed by atoms with Gasteiger partial charge in [0, 0.05) is 11.9 Å². The van der Waals surface area contributed by atoms with Gasteiger partial charge in [0.05, 0.1) is 6.04 Å². The van der Waals surface area contributed by atoms with Crippen LogP contribution in [0.3, 0.4) is 0 Å². The number of halogens is 3. The van der Waals surface area contributed by atoms with Crippen LogP contribution < -0.4 is 0 Å². The molecular formula is C20H21F3N6S. The molecule has 1 aromatic carbocycles. The highest BCUT2D eigenvalue weighted by atomic mass is 32.2. The van der Waals surface area contributed by atoms with Gasteiger partial charge < -0.3 is 0 Å². The standard InChI is InChI=1S/C20H21F3N6S/c1-14(28-12-6-3-7-13-28)17-26-27-19(29(17)15-8-4-2-5-9-15)30-18-24-11-10-16(25-18)20(21,22)23/h2,4-5,8-11,14H,3,6-7,12-13H2,1H3. The van der Waals surface area contributed by atoms with E-state index in [0.717, 1.165) is 61.5 Å². The van der Waals surface area contributed by atoms with Crippen LogP contribution in [-0.4, -0.2) is 42.7 Å². The Labute approximate surface area is 176 Å². The van der Waals surface area contributed by atoms with Crippen molar-refractivity contribution in [2.75, 3.05) is 13.1 Å². The van der Waals surface area contributed by atoms with Gasteiger partial charge in [0.25, 0.3) is 0 Å². The van der Waals surface area contributed by atoms with Crippen LogP contribution in [0.2, 0.25) is 0 Å². The lowest BCUT2D eigenvalue weighted by molar-refractivity contribution is -0.141. The van der Waals surface area contributed by atoms with Crippen molar-refractivity contribution in [1.29, 1.82) is 0 Å². The Hall–Kier alpha value is -2.46. The van der Waals surface area contributed by atoms with E-state index in [1.54, 1.807) is 0 Å². The minimum absolute atomic E-state index is 0.0217. The lowest BCUT2D eigenvalue weighted by atomic mass is 10.1. The summed E-state index contributed by atoms with van der Waals surface area (Å²) in [5, 5.41) is 9.10. The molecule has 1 aliphatic heterocycles. The fraction of sp³-hybridized carbons (Fsp3) is 0.400. The number of likely N-dealkylation sites (tertiary alicyclic amines) is 1. The van der Waals surface area contributed by atoms with Crippen LogP contribution >= 0.6 is 11.8 Å². The summed E-state index contributed by atoms with van der Waals surface area (Å²) in [7, 11) is 0. The second-order valence-corrected chi connectivity index (χ2v) is 8.04. The van der Waals surface area contributed by atoms with E-state index in [0.29, 0.717) is 5.16 Å². The highest BCUT2D eigenvalue weighted by molar-refractivity contribution is 7.99. The van der Waals surface area contributed by atoms with Crippen LogP contribution in [0, 0.1) is 0 Å². The first-order chi connectivity index (χ1) is 14.4. The van der Waals surface area contributed by atoms with Gasteiger partial charge in [-0.05, 0) is 62.8 Å². The number of hydrogen-bond acceptors (Lipinski definition) is 6. The maximum Gasteiger partial charge on any atom is 0.433 e. The summed E-state index contributed by atoms with van der Waals surface area (Å²) in [6.07, 6.45) is 0.0908. The van der Waals surface area contributed by atoms with Gasteiger partial charge in [0.2, 0.25) is 5.16 Å². The molecule has 0 aliphatic carbocycles. The molecule has 0 amide bonds. The molecule has 158 valence electrons.